The Morgan fingerprint density at radius 2 is 1.97 bits per heavy atom. The van der Waals surface area contributed by atoms with Gasteiger partial charge in [-0.15, -0.1) is 0 Å². The number of aryl methyl sites for hydroxylation is 1. The number of aliphatic hydroxyl groups excluding tert-OH is 1. The zero-order chi connectivity index (χ0) is 23.1. The molecule has 10 nitrogen and oxygen atoms in total. The summed E-state index contributed by atoms with van der Waals surface area (Å²) in [4.78, 5) is 23.0. The van der Waals surface area contributed by atoms with Crippen molar-refractivity contribution in [2.24, 2.45) is 7.05 Å². The number of hydrogen-bond donors (Lipinski definition) is 2. The summed E-state index contributed by atoms with van der Waals surface area (Å²) in [6.45, 7) is 0.697. The molecule has 33 heavy (non-hydrogen) atoms. The number of aromatic nitrogens is 6. The summed E-state index contributed by atoms with van der Waals surface area (Å²) in [5.41, 5.74) is 11.4. The van der Waals surface area contributed by atoms with Gasteiger partial charge in [-0.3, -0.25) is 14.5 Å². The van der Waals surface area contributed by atoms with Crippen molar-refractivity contribution in [1.29, 1.82) is 0 Å². The third kappa shape index (κ3) is 3.87. The lowest BCUT2D eigenvalue weighted by Crippen LogP contribution is -2.39. The van der Waals surface area contributed by atoms with Gasteiger partial charge in [-0.05, 0) is 34.8 Å². The molecule has 3 N–H and O–H groups in total. The average Bonchev–Trinajstić information content (AvgIpc) is 3.47. The zero-order valence-electron chi connectivity index (χ0n) is 18.0. The summed E-state index contributed by atoms with van der Waals surface area (Å²) < 4.78 is 4.09. The van der Waals surface area contributed by atoms with Gasteiger partial charge in [0, 0.05) is 55.1 Å². The number of carbonyl (C=O) groups is 1. The van der Waals surface area contributed by atoms with Crippen LogP contribution in [0.4, 0.5) is 5.82 Å². The van der Waals surface area contributed by atoms with Gasteiger partial charge in [-0.1, -0.05) is 6.07 Å². The van der Waals surface area contributed by atoms with E-state index in [1.165, 1.54) is 0 Å². The fraction of sp³-hybridized carbons (Fsp3) is 0.318. The second-order valence-corrected chi connectivity index (χ2v) is 8.93. The number of hydrogen-bond acceptors (Lipinski definition) is 7. The molecule has 0 aliphatic carbocycles. The molecule has 0 bridgehead atoms. The maximum absolute atomic E-state index is 11.8. The van der Waals surface area contributed by atoms with Crippen LogP contribution in [0.3, 0.4) is 0 Å². The normalized spacial score (nSPS) is 14.8. The quantitative estimate of drug-likeness (QED) is 0.430. The minimum Gasteiger partial charge on any atom is -0.387 e. The van der Waals surface area contributed by atoms with E-state index in [4.69, 9.17) is 15.8 Å². The number of rotatable bonds is 4. The summed E-state index contributed by atoms with van der Waals surface area (Å²) in [6, 6.07) is 3.94. The topological polar surface area (TPSA) is 127 Å². The van der Waals surface area contributed by atoms with Crippen LogP contribution in [-0.4, -0.2) is 65.0 Å². The fourth-order valence-corrected chi connectivity index (χ4v) is 4.85. The first-order valence-electron chi connectivity index (χ1n) is 10.6. The van der Waals surface area contributed by atoms with E-state index in [0.29, 0.717) is 24.6 Å². The second-order valence-electron chi connectivity index (χ2n) is 8.14. The van der Waals surface area contributed by atoms with Gasteiger partial charge in [0.25, 0.3) is 0 Å². The number of halogens is 1. The molecule has 1 fully saturated rings. The van der Waals surface area contributed by atoms with Crippen molar-refractivity contribution >= 4 is 33.3 Å². The van der Waals surface area contributed by atoms with Gasteiger partial charge in [0.05, 0.1) is 28.3 Å². The lowest BCUT2D eigenvalue weighted by Gasteiger charge is -2.31. The van der Waals surface area contributed by atoms with Crippen molar-refractivity contribution < 1.29 is 9.90 Å². The highest BCUT2D eigenvalue weighted by Crippen LogP contribution is 2.37. The van der Waals surface area contributed by atoms with E-state index in [0.717, 1.165) is 45.4 Å². The van der Waals surface area contributed by atoms with Crippen molar-refractivity contribution in [3.8, 4) is 22.4 Å². The molecular formula is C22H23BrN8O2. The first-order chi connectivity index (χ1) is 16.0. The molecule has 170 valence electrons. The van der Waals surface area contributed by atoms with Crippen molar-refractivity contribution in [2.45, 2.75) is 18.8 Å². The SMILES string of the molecule is Cn1cc(-c2ccc(-c3cnn4c(N)c(Br)c(C5CCN(C(=O)CO)CC5)nc34)cn2)cn1. The van der Waals surface area contributed by atoms with Gasteiger partial charge in [-0.2, -0.15) is 14.7 Å². The molecular weight excluding hydrogens is 488 g/mol. The second kappa shape index (κ2) is 8.56. The molecule has 4 aromatic heterocycles. The van der Waals surface area contributed by atoms with Gasteiger partial charge >= 0.3 is 0 Å². The third-order valence-corrected chi connectivity index (χ3v) is 6.91. The highest BCUT2D eigenvalue weighted by molar-refractivity contribution is 9.10. The van der Waals surface area contributed by atoms with Crippen molar-refractivity contribution in [3.05, 3.63) is 47.1 Å². The number of anilines is 1. The Kier molecular flexibility index (Phi) is 5.59. The van der Waals surface area contributed by atoms with E-state index >= 15 is 0 Å². The van der Waals surface area contributed by atoms with Crippen molar-refractivity contribution in [2.75, 3.05) is 25.4 Å². The van der Waals surface area contributed by atoms with E-state index in [9.17, 15) is 4.79 Å². The molecule has 1 aliphatic rings. The Morgan fingerprint density at radius 1 is 1.18 bits per heavy atom. The number of nitrogens with two attached hydrogens (primary N) is 1. The Balaban J connectivity index is 1.48. The van der Waals surface area contributed by atoms with E-state index in [1.807, 2.05) is 25.4 Å². The number of pyridine rings is 1. The van der Waals surface area contributed by atoms with E-state index in [1.54, 1.807) is 32.7 Å². The number of likely N-dealkylation sites (tertiary alicyclic amines) is 1. The van der Waals surface area contributed by atoms with Gasteiger partial charge < -0.3 is 15.7 Å². The molecule has 5 rings (SSSR count). The average molecular weight is 511 g/mol. The van der Waals surface area contributed by atoms with Crippen LogP contribution >= 0.6 is 15.9 Å². The van der Waals surface area contributed by atoms with Gasteiger partial charge in [0.2, 0.25) is 5.91 Å². The monoisotopic (exact) mass is 510 g/mol. The number of fused-ring (bicyclic) bond motifs is 1. The minimum absolute atomic E-state index is 0.142. The van der Waals surface area contributed by atoms with Crippen LogP contribution in [0.2, 0.25) is 0 Å². The van der Waals surface area contributed by atoms with Crippen molar-refractivity contribution in [3.63, 3.8) is 0 Å². The van der Waals surface area contributed by atoms with Gasteiger partial charge in [0.15, 0.2) is 5.65 Å². The third-order valence-electron chi connectivity index (χ3n) is 6.09. The van der Waals surface area contributed by atoms with E-state index in [2.05, 4.69) is 31.1 Å². The smallest absolute Gasteiger partial charge is 0.248 e. The molecule has 0 unspecified atom stereocenters. The lowest BCUT2D eigenvalue weighted by atomic mass is 9.93. The van der Waals surface area contributed by atoms with E-state index in [-0.39, 0.29) is 11.8 Å². The van der Waals surface area contributed by atoms with Gasteiger partial charge in [-0.25, -0.2) is 4.98 Å². The molecule has 1 saturated heterocycles. The Hall–Kier alpha value is -3.31. The Bertz CT molecular complexity index is 1320. The molecule has 5 heterocycles. The fourth-order valence-electron chi connectivity index (χ4n) is 4.27. The summed E-state index contributed by atoms with van der Waals surface area (Å²) in [5, 5.41) is 17.8. The van der Waals surface area contributed by atoms with Crippen LogP contribution in [0.15, 0.2) is 41.4 Å². The largest absolute Gasteiger partial charge is 0.387 e. The zero-order valence-corrected chi connectivity index (χ0v) is 19.6. The molecule has 4 aromatic rings. The number of nitrogen functional groups attached to an aromatic ring is 1. The summed E-state index contributed by atoms with van der Waals surface area (Å²) in [6.07, 6.45) is 8.75. The highest BCUT2D eigenvalue weighted by Gasteiger charge is 2.28. The molecule has 0 radical (unpaired) electrons. The van der Waals surface area contributed by atoms with Crippen LogP contribution in [0, 0.1) is 0 Å². The maximum Gasteiger partial charge on any atom is 0.248 e. The van der Waals surface area contributed by atoms with Crippen LogP contribution in [-0.2, 0) is 11.8 Å². The number of nitrogens with zero attached hydrogens (tertiary/aromatic N) is 7. The number of piperidine rings is 1. The molecule has 0 saturated carbocycles. The van der Waals surface area contributed by atoms with Crippen LogP contribution in [0.25, 0.3) is 28.0 Å². The summed E-state index contributed by atoms with van der Waals surface area (Å²) in [5.74, 6) is 0.383. The van der Waals surface area contributed by atoms with Crippen LogP contribution in [0.5, 0.6) is 0 Å². The van der Waals surface area contributed by atoms with Crippen LogP contribution < -0.4 is 5.73 Å². The predicted octanol–water partition coefficient (Wildman–Crippen LogP) is 2.23. The predicted molar refractivity (Wildman–Crippen MR) is 126 cm³/mol. The lowest BCUT2D eigenvalue weighted by molar-refractivity contribution is -0.135. The number of amides is 1. The standard InChI is InChI=1S/C22H23BrN8O2/c1-29-11-15(9-26-29)17-3-2-14(8-25-17)16-10-27-31-21(24)19(23)20(28-22(16)31)13-4-6-30(7-5-13)18(33)12-32/h2-3,8-11,13,32H,4-7,12,24H2,1H3. The molecule has 0 aromatic carbocycles. The van der Waals surface area contributed by atoms with Crippen LogP contribution in [0.1, 0.15) is 24.5 Å². The number of aliphatic hydroxyl groups is 1. The molecule has 1 amide bonds. The molecule has 11 heteroatoms. The molecule has 0 spiro atoms. The Morgan fingerprint density at radius 3 is 2.61 bits per heavy atom. The Labute approximate surface area is 198 Å². The van der Waals surface area contributed by atoms with Gasteiger partial charge in [0.1, 0.15) is 12.4 Å². The highest BCUT2D eigenvalue weighted by atomic mass is 79.9. The van der Waals surface area contributed by atoms with E-state index < -0.39 is 6.61 Å². The maximum atomic E-state index is 11.8. The minimum atomic E-state index is -0.460. The summed E-state index contributed by atoms with van der Waals surface area (Å²) in [7, 11) is 1.87. The summed E-state index contributed by atoms with van der Waals surface area (Å²) >= 11 is 3.61. The first-order valence-corrected chi connectivity index (χ1v) is 11.4. The van der Waals surface area contributed by atoms with Crippen molar-refractivity contribution in [1.82, 2.24) is 34.3 Å². The molecule has 1 aliphatic heterocycles. The first kappa shape index (κ1) is 21.5. The molecule has 0 atom stereocenters. The number of carbonyl (C=O) groups excluding carboxylic acids is 1.